The maximum atomic E-state index is 5.27. The second-order valence-corrected chi connectivity index (χ2v) is 18.9. The number of para-hydroxylation sites is 2. The van der Waals surface area contributed by atoms with Gasteiger partial charge in [-0.15, -0.1) is 0 Å². The molecule has 0 radical (unpaired) electrons. The van der Waals surface area contributed by atoms with Gasteiger partial charge in [-0.2, -0.15) is 9.97 Å². The lowest BCUT2D eigenvalue weighted by molar-refractivity contribution is 0.953. The SMILES string of the molecule is C(=C(c1ccccc1)c1cc(-c2ccc3c4ccccc4n(-c4nc(-c5ccccc5)nc(-c5ccccc5)n4)c3c2)cc(N(c2ccccc2)c2cccc(-c3ccccc3)c2)c1)c1cccc(-c2ccccc2)c1. The Morgan fingerprint density at radius 1 is 0.303 bits per heavy atom. The molecule has 0 aliphatic heterocycles. The number of hydrogen-bond acceptors (Lipinski definition) is 4. The minimum atomic E-state index is 0.547. The normalized spacial score (nSPS) is 11.5. The lowest BCUT2D eigenvalue weighted by atomic mass is 9.91. The number of nitrogens with zero attached hydrogens (tertiary/aromatic N) is 5. The van der Waals surface area contributed by atoms with E-state index in [9.17, 15) is 0 Å². The third kappa shape index (κ3) is 9.14. The van der Waals surface area contributed by atoms with Crippen LogP contribution in [0.5, 0.6) is 0 Å². The van der Waals surface area contributed by atoms with E-state index in [1.165, 1.54) is 11.1 Å². The van der Waals surface area contributed by atoms with Gasteiger partial charge < -0.3 is 4.90 Å². The Kier molecular flexibility index (Phi) is 12.2. The summed E-state index contributed by atoms with van der Waals surface area (Å²) in [6, 6.07) is 103. The molecule has 0 atom stereocenters. The molecule has 13 rings (SSSR count). The summed E-state index contributed by atoms with van der Waals surface area (Å²) in [4.78, 5) is 18.0. The molecule has 0 N–H and O–H groups in total. The first kappa shape index (κ1) is 45.6. The van der Waals surface area contributed by atoms with Gasteiger partial charge in [0.2, 0.25) is 5.95 Å². The van der Waals surface area contributed by atoms with Crippen LogP contribution < -0.4 is 4.90 Å². The number of fused-ring (bicyclic) bond motifs is 3. The summed E-state index contributed by atoms with van der Waals surface area (Å²) in [5, 5.41) is 2.22. The van der Waals surface area contributed by atoms with Gasteiger partial charge in [-0.25, -0.2) is 4.98 Å². The van der Waals surface area contributed by atoms with E-state index >= 15 is 0 Å². The number of rotatable bonds is 12. The van der Waals surface area contributed by atoms with Crippen molar-refractivity contribution >= 4 is 50.5 Å². The standard InChI is InChI=1S/C71H49N5/c1-7-24-51(25-8-1)56-34-21-23-50(43-56)44-66(53-28-11-3-12-29-53)60-45-59(47-63(48-60)75(61-36-17-6-18-37-61)62-38-22-35-57(46-62)52-26-9-2-10-27-52)58-41-42-65-64-39-19-20-40-67(64)76(68(65)49-58)71-73-69(54-30-13-4-14-31-54)72-70(74-71)55-32-15-5-16-33-55/h1-49H. The molecule has 0 aliphatic carbocycles. The van der Waals surface area contributed by atoms with Crippen LogP contribution >= 0.6 is 0 Å². The van der Waals surface area contributed by atoms with Gasteiger partial charge in [0.1, 0.15) is 0 Å². The van der Waals surface area contributed by atoms with Crippen LogP contribution in [0.25, 0.3) is 95.6 Å². The molecular formula is C71H49N5. The summed E-state index contributed by atoms with van der Waals surface area (Å²) in [5.41, 5.74) is 18.1. The topological polar surface area (TPSA) is 46.8 Å². The van der Waals surface area contributed by atoms with Crippen molar-refractivity contribution < 1.29 is 0 Å². The summed E-state index contributed by atoms with van der Waals surface area (Å²) in [7, 11) is 0. The van der Waals surface area contributed by atoms with Gasteiger partial charge in [0.25, 0.3) is 0 Å². The molecule has 5 heteroatoms. The molecule has 0 spiro atoms. The highest BCUT2D eigenvalue weighted by molar-refractivity contribution is 6.10. The molecule has 5 nitrogen and oxygen atoms in total. The number of benzene rings is 11. The van der Waals surface area contributed by atoms with Crippen LogP contribution in [0, 0.1) is 0 Å². The Labute approximate surface area is 442 Å². The van der Waals surface area contributed by atoms with Crippen molar-refractivity contribution in [2.75, 3.05) is 4.90 Å². The van der Waals surface area contributed by atoms with Gasteiger partial charge in [0.15, 0.2) is 11.6 Å². The third-order valence-electron chi connectivity index (χ3n) is 14.0. The van der Waals surface area contributed by atoms with Gasteiger partial charge in [-0.1, -0.05) is 231 Å². The molecule has 0 saturated carbocycles. The van der Waals surface area contributed by atoms with Crippen molar-refractivity contribution in [2.24, 2.45) is 0 Å². The van der Waals surface area contributed by atoms with Crippen molar-refractivity contribution in [2.45, 2.75) is 0 Å². The molecule has 358 valence electrons. The molecule has 13 aromatic rings. The molecule has 0 bridgehead atoms. The number of hydrogen-bond donors (Lipinski definition) is 0. The Morgan fingerprint density at radius 3 is 1.43 bits per heavy atom. The average Bonchev–Trinajstić information content (AvgIpc) is 3.84. The van der Waals surface area contributed by atoms with Crippen molar-refractivity contribution in [1.29, 1.82) is 0 Å². The van der Waals surface area contributed by atoms with E-state index in [-0.39, 0.29) is 0 Å². The second kappa shape index (κ2) is 20.3. The van der Waals surface area contributed by atoms with E-state index in [0.29, 0.717) is 17.6 Å². The quantitative estimate of drug-likeness (QED) is 0.114. The first-order valence-electron chi connectivity index (χ1n) is 25.7. The van der Waals surface area contributed by atoms with Crippen LogP contribution in [0.4, 0.5) is 17.1 Å². The second-order valence-electron chi connectivity index (χ2n) is 18.9. The van der Waals surface area contributed by atoms with E-state index < -0.39 is 0 Å². The average molecular weight is 972 g/mol. The molecule has 0 unspecified atom stereocenters. The Balaban J connectivity index is 1.06. The van der Waals surface area contributed by atoms with E-state index in [1.807, 2.05) is 36.4 Å². The van der Waals surface area contributed by atoms with Gasteiger partial charge in [-0.3, -0.25) is 4.57 Å². The van der Waals surface area contributed by atoms with Gasteiger partial charge in [-0.05, 0) is 122 Å². The maximum Gasteiger partial charge on any atom is 0.238 e. The van der Waals surface area contributed by atoms with Crippen molar-refractivity contribution in [3.63, 3.8) is 0 Å². The predicted octanol–water partition coefficient (Wildman–Crippen LogP) is 18.4. The predicted molar refractivity (Wildman–Crippen MR) is 316 cm³/mol. The fourth-order valence-corrected chi connectivity index (χ4v) is 10.4. The van der Waals surface area contributed by atoms with E-state index in [0.717, 1.165) is 94.5 Å². The highest BCUT2D eigenvalue weighted by Crippen LogP contribution is 2.43. The first-order chi connectivity index (χ1) is 37.7. The van der Waals surface area contributed by atoms with Crippen LogP contribution in [0.15, 0.2) is 291 Å². The minimum absolute atomic E-state index is 0.547. The molecule has 2 heterocycles. The Bertz CT molecular complexity index is 4140. The zero-order valence-corrected chi connectivity index (χ0v) is 41.5. The fourth-order valence-electron chi connectivity index (χ4n) is 10.4. The molecule has 11 aromatic carbocycles. The van der Waals surface area contributed by atoms with Crippen LogP contribution in [0.2, 0.25) is 0 Å². The third-order valence-corrected chi connectivity index (χ3v) is 14.0. The number of anilines is 3. The van der Waals surface area contributed by atoms with Gasteiger partial charge in [0.05, 0.1) is 11.0 Å². The Hall–Kier alpha value is -10.2. The zero-order valence-electron chi connectivity index (χ0n) is 41.5. The van der Waals surface area contributed by atoms with E-state index in [1.54, 1.807) is 0 Å². The summed E-state index contributed by atoms with van der Waals surface area (Å²) < 4.78 is 2.21. The van der Waals surface area contributed by atoms with E-state index in [2.05, 4.69) is 270 Å². The van der Waals surface area contributed by atoms with Crippen LogP contribution in [0.1, 0.15) is 16.7 Å². The van der Waals surface area contributed by atoms with Crippen LogP contribution in [0.3, 0.4) is 0 Å². The van der Waals surface area contributed by atoms with Crippen molar-refractivity contribution in [3.05, 3.63) is 308 Å². The smallest absolute Gasteiger partial charge is 0.238 e. The summed E-state index contributed by atoms with van der Waals surface area (Å²) in [6.45, 7) is 0. The molecule has 0 amide bonds. The lowest BCUT2D eigenvalue weighted by Gasteiger charge is -2.27. The molecule has 76 heavy (non-hydrogen) atoms. The van der Waals surface area contributed by atoms with Crippen molar-refractivity contribution in [3.8, 4) is 62.1 Å². The molecular weight excluding hydrogens is 923 g/mol. The lowest BCUT2D eigenvalue weighted by Crippen LogP contribution is -2.10. The van der Waals surface area contributed by atoms with Crippen molar-refractivity contribution in [1.82, 2.24) is 19.5 Å². The highest BCUT2D eigenvalue weighted by Gasteiger charge is 2.21. The molecule has 0 aliphatic rings. The molecule has 0 fully saturated rings. The summed E-state index contributed by atoms with van der Waals surface area (Å²) in [6.07, 6.45) is 2.34. The molecule has 2 aromatic heterocycles. The van der Waals surface area contributed by atoms with Crippen LogP contribution in [-0.4, -0.2) is 19.5 Å². The van der Waals surface area contributed by atoms with E-state index in [4.69, 9.17) is 15.0 Å². The summed E-state index contributed by atoms with van der Waals surface area (Å²) in [5.74, 6) is 1.76. The van der Waals surface area contributed by atoms with Gasteiger partial charge >= 0.3 is 0 Å². The first-order valence-corrected chi connectivity index (χ1v) is 25.7. The maximum absolute atomic E-state index is 5.27. The minimum Gasteiger partial charge on any atom is -0.310 e. The highest BCUT2D eigenvalue weighted by atomic mass is 15.2. The largest absolute Gasteiger partial charge is 0.310 e. The zero-order chi connectivity index (χ0) is 50.6. The van der Waals surface area contributed by atoms with Gasteiger partial charge in [0, 0.05) is 39.0 Å². The monoisotopic (exact) mass is 971 g/mol. The fraction of sp³-hybridized carbons (Fsp3) is 0. The summed E-state index contributed by atoms with van der Waals surface area (Å²) >= 11 is 0. The van der Waals surface area contributed by atoms with Crippen LogP contribution in [-0.2, 0) is 0 Å². The number of aromatic nitrogens is 4. The Morgan fingerprint density at radius 2 is 0.789 bits per heavy atom. The molecule has 0 saturated heterocycles.